The zero-order valence-corrected chi connectivity index (χ0v) is 35.4. The van der Waals surface area contributed by atoms with Gasteiger partial charge < -0.3 is 25.8 Å². The minimum Gasteiger partial charge on any atom is -0.385 e. The van der Waals surface area contributed by atoms with Gasteiger partial charge in [0.15, 0.2) is 0 Å². The molecule has 2 saturated heterocycles. The van der Waals surface area contributed by atoms with Gasteiger partial charge in [-0.25, -0.2) is 18.5 Å². The number of nitrogens with one attached hydrogen (secondary N) is 4. The number of aryl methyl sites for hydroxylation is 1. The van der Waals surface area contributed by atoms with Gasteiger partial charge in [-0.1, -0.05) is 26.8 Å². The fraction of sp³-hybridized carbons (Fsp3) is 0.372. The molecule has 61 heavy (non-hydrogen) atoms. The van der Waals surface area contributed by atoms with E-state index < -0.39 is 45.1 Å². The maximum absolute atomic E-state index is 13.1. The summed E-state index contributed by atoms with van der Waals surface area (Å²) in [5, 5.41) is 17.6. The van der Waals surface area contributed by atoms with Crippen molar-refractivity contribution in [3.05, 3.63) is 89.1 Å². The highest BCUT2D eigenvalue weighted by molar-refractivity contribution is 7.89. The molecule has 0 bridgehead atoms. The summed E-state index contributed by atoms with van der Waals surface area (Å²) in [5.74, 6) is -1.18. The second kappa shape index (κ2) is 17.3. The normalized spacial score (nSPS) is 17.0. The number of piperazine rings is 1. The SMILES string of the molecule is Cc1cnc(Nc2ccc(N3CCN(C(=O)CCCCNc4ccc5c(c4)C(=O)N(C4CCC(=O)NC4=O)C5=O)CC3)cc2)nc1Nc1cccc(S(N)(=O)=O)c1C(C)(C)C. The van der Waals surface area contributed by atoms with E-state index in [1.807, 2.05) is 56.9 Å². The fourth-order valence-electron chi connectivity index (χ4n) is 7.87. The third-order valence-corrected chi connectivity index (χ3v) is 12.0. The maximum atomic E-state index is 13.1. The van der Waals surface area contributed by atoms with Crippen molar-refractivity contribution in [2.75, 3.05) is 53.6 Å². The maximum Gasteiger partial charge on any atom is 0.262 e. The van der Waals surface area contributed by atoms with Gasteiger partial charge in [0.1, 0.15) is 11.9 Å². The molecule has 3 aliphatic rings. The number of carbonyl (C=O) groups excluding carboxylic acids is 5. The Morgan fingerprint density at radius 2 is 1.61 bits per heavy atom. The molecule has 2 fully saturated rings. The van der Waals surface area contributed by atoms with Crippen molar-refractivity contribution in [3.63, 3.8) is 0 Å². The lowest BCUT2D eigenvalue weighted by Crippen LogP contribution is -2.54. The lowest BCUT2D eigenvalue weighted by molar-refractivity contribution is -0.136. The molecule has 4 aromatic rings. The van der Waals surface area contributed by atoms with E-state index in [-0.39, 0.29) is 34.8 Å². The van der Waals surface area contributed by atoms with Crippen molar-refractivity contribution in [1.82, 2.24) is 25.1 Å². The molecular weight excluding hydrogens is 801 g/mol. The van der Waals surface area contributed by atoms with Gasteiger partial charge in [-0.05, 0) is 86.2 Å². The van der Waals surface area contributed by atoms with E-state index in [1.54, 1.807) is 36.5 Å². The molecular formula is C43H50N10O7S. The summed E-state index contributed by atoms with van der Waals surface area (Å²) < 4.78 is 24.9. The largest absolute Gasteiger partial charge is 0.385 e. The Kier molecular flexibility index (Phi) is 12.1. The van der Waals surface area contributed by atoms with E-state index in [1.165, 1.54) is 6.07 Å². The Labute approximate surface area is 354 Å². The van der Waals surface area contributed by atoms with E-state index in [4.69, 9.17) is 5.14 Å². The number of amides is 5. The number of nitrogens with zero attached hydrogens (tertiary/aromatic N) is 5. The van der Waals surface area contributed by atoms with Gasteiger partial charge in [0.2, 0.25) is 33.7 Å². The van der Waals surface area contributed by atoms with Crippen LogP contribution in [0.2, 0.25) is 0 Å². The number of aromatic nitrogens is 2. The summed E-state index contributed by atoms with van der Waals surface area (Å²) in [4.78, 5) is 77.3. The Hall–Kier alpha value is -6.40. The van der Waals surface area contributed by atoms with Gasteiger partial charge >= 0.3 is 0 Å². The molecule has 7 rings (SSSR count). The predicted octanol–water partition coefficient (Wildman–Crippen LogP) is 4.55. The summed E-state index contributed by atoms with van der Waals surface area (Å²) in [6, 6.07) is 16.7. The number of nitrogens with two attached hydrogens (primary N) is 1. The molecule has 1 aromatic heterocycles. The topological polar surface area (TPSA) is 229 Å². The molecule has 0 aliphatic carbocycles. The molecule has 0 spiro atoms. The lowest BCUT2D eigenvalue weighted by Gasteiger charge is -2.36. The first kappa shape index (κ1) is 42.7. The number of piperidine rings is 1. The average molecular weight is 851 g/mol. The Morgan fingerprint density at radius 1 is 0.902 bits per heavy atom. The highest BCUT2D eigenvalue weighted by Crippen LogP contribution is 2.37. The smallest absolute Gasteiger partial charge is 0.262 e. The van der Waals surface area contributed by atoms with Gasteiger partial charge in [-0.2, -0.15) is 4.98 Å². The predicted molar refractivity (Wildman–Crippen MR) is 231 cm³/mol. The first-order valence-corrected chi connectivity index (χ1v) is 21.8. The number of carbonyl (C=O) groups is 5. The van der Waals surface area contributed by atoms with Crippen LogP contribution in [0.3, 0.4) is 0 Å². The first-order chi connectivity index (χ1) is 29.0. The molecule has 1 unspecified atom stereocenters. The summed E-state index contributed by atoms with van der Waals surface area (Å²) in [7, 11) is -3.96. The van der Waals surface area contributed by atoms with E-state index >= 15 is 0 Å². The number of rotatable bonds is 13. The van der Waals surface area contributed by atoms with Gasteiger partial charge in [0, 0.05) is 85.6 Å². The molecule has 0 radical (unpaired) electrons. The van der Waals surface area contributed by atoms with Crippen LogP contribution in [0, 0.1) is 6.92 Å². The Morgan fingerprint density at radius 3 is 2.30 bits per heavy atom. The van der Waals surface area contributed by atoms with Crippen molar-refractivity contribution in [3.8, 4) is 0 Å². The third-order valence-electron chi connectivity index (χ3n) is 11.0. The number of hydrogen-bond donors (Lipinski definition) is 5. The number of hydrogen-bond acceptors (Lipinski definition) is 13. The standard InChI is InChI=1S/C43H50N10O7S/c1-26-25-46-42(50-38(26)48-32-8-7-9-34(61(44,59)60)37(32)43(2,3)4)47-27-11-14-29(15-12-27)51-20-22-52(23-21-51)36(55)10-5-6-19-45-28-13-16-30-31(24-28)41(58)53(40(30)57)33-17-18-35(54)49-39(33)56/h7-9,11-16,24-25,33,45H,5-6,10,17-23H2,1-4H3,(H2,44,59,60)(H,49,54,56)(H2,46,47,48,50). The molecule has 3 aliphatic heterocycles. The number of fused-ring (bicyclic) bond motifs is 1. The van der Waals surface area contributed by atoms with Crippen molar-refractivity contribution in [1.29, 1.82) is 0 Å². The molecule has 18 heteroatoms. The number of sulfonamides is 1. The van der Waals surface area contributed by atoms with Gasteiger partial charge in [0.25, 0.3) is 11.8 Å². The van der Waals surface area contributed by atoms with Crippen LogP contribution in [0.4, 0.5) is 34.5 Å². The van der Waals surface area contributed by atoms with E-state index in [0.29, 0.717) is 74.3 Å². The van der Waals surface area contributed by atoms with Gasteiger partial charge in [0.05, 0.1) is 16.0 Å². The van der Waals surface area contributed by atoms with Crippen LogP contribution < -0.4 is 31.3 Å². The second-order valence-corrected chi connectivity index (χ2v) is 18.0. The van der Waals surface area contributed by atoms with Crippen molar-refractivity contribution < 1.29 is 32.4 Å². The highest BCUT2D eigenvalue weighted by Gasteiger charge is 2.44. The zero-order chi connectivity index (χ0) is 43.6. The fourth-order valence-corrected chi connectivity index (χ4v) is 8.84. The second-order valence-electron chi connectivity index (χ2n) is 16.5. The number of primary sulfonamides is 1. The molecule has 1 atom stereocenters. The molecule has 3 aromatic carbocycles. The van der Waals surface area contributed by atoms with Gasteiger partial charge in [-0.15, -0.1) is 0 Å². The van der Waals surface area contributed by atoms with Crippen LogP contribution in [-0.4, -0.2) is 96.5 Å². The lowest BCUT2D eigenvalue weighted by atomic mass is 9.85. The summed E-state index contributed by atoms with van der Waals surface area (Å²) in [5.41, 5.74) is 4.29. The number of anilines is 6. The van der Waals surface area contributed by atoms with Crippen LogP contribution in [0.25, 0.3) is 0 Å². The molecule has 0 saturated carbocycles. The van der Waals surface area contributed by atoms with Crippen molar-refractivity contribution in [2.24, 2.45) is 5.14 Å². The monoisotopic (exact) mass is 850 g/mol. The van der Waals surface area contributed by atoms with E-state index in [0.717, 1.165) is 28.3 Å². The first-order valence-electron chi connectivity index (χ1n) is 20.2. The quantitative estimate of drug-likeness (QED) is 0.0920. The Balaban J connectivity index is 0.856. The van der Waals surface area contributed by atoms with Crippen LogP contribution in [0.15, 0.2) is 71.8 Å². The van der Waals surface area contributed by atoms with E-state index in [2.05, 4.69) is 36.1 Å². The Bertz CT molecular complexity index is 2500. The average Bonchev–Trinajstić information content (AvgIpc) is 3.46. The number of unbranched alkanes of at least 4 members (excludes halogenated alkanes) is 1. The minimum absolute atomic E-state index is 0.0595. The third kappa shape index (κ3) is 9.49. The minimum atomic E-state index is -3.96. The molecule has 320 valence electrons. The van der Waals surface area contributed by atoms with E-state index in [9.17, 15) is 32.4 Å². The van der Waals surface area contributed by atoms with Crippen molar-refractivity contribution >= 4 is 74.1 Å². The molecule has 5 amide bonds. The van der Waals surface area contributed by atoms with Gasteiger partial charge in [-0.3, -0.25) is 34.2 Å². The van der Waals surface area contributed by atoms with Crippen molar-refractivity contribution in [2.45, 2.75) is 76.2 Å². The van der Waals surface area contributed by atoms with Crippen LogP contribution in [0.1, 0.15) is 84.7 Å². The summed E-state index contributed by atoms with van der Waals surface area (Å²) in [6.45, 7) is 10.8. The van der Waals surface area contributed by atoms with Crippen LogP contribution in [0.5, 0.6) is 0 Å². The highest BCUT2D eigenvalue weighted by atomic mass is 32.2. The van der Waals surface area contributed by atoms with Crippen LogP contribution >= 0.6 is 0 Å². The zero-order valence-electron chi connectivity index (χ0n) is 34.6. The molecule has 6 N–H and O–H groups in total. The van der Waals surface area contributed by atoms with Crippen LogP contribution in [-0.2, 0) is 29.8 Å². The number of benzene rings is 3. The molecule has 17 nitrogen and oxygen atoms in total. The summed E-state index contributed by atoms with van der Waals surface area (Å²) >= 11 is 0. The number of imide groups is 2. The molecule has 4 heterocycles. The summed E-state index contributed by atoms with van der Waals surface area (Å²) in [6.07, 6.45) is 3.66.